The monoisotopic (exact) mass is 447 g/mol. The van der Waals surface area contributed by atoms with Crippen LogP contribution in [0.15, 0.2) is 71.7 Å². The van der Waals surface area contributed by atoms with Crippen LogP contribution >= 0.6 is 11.3 Å². The van der Waals surface area contributed by atoms with Crippen molar-refractivity contribution in [2.24, 2.45) is 0 Å². The Labute approximate surface area is 187 Å². The highest BCUT2D eigenvalue weighted by Gasteiger charge is 2.24. The summed E-state index contributed by atoms with van der Waals surface area (Å²) in [7, 11) is 0. The number of anilines is 1. The van der Waals surface area contributed by atoms with Gasteiger partial charge < -0.3 is 16.2 Å². The third-order valence-electron chi connectivity index (χ3n) is 5.24. The highest BCUT2D eigenvalue weighted by molar-refractivity contribution is 7.16. The number of nitrogens with two attached hydrogens (primary N) is 1. The normalized spacial score (nSPS) is 11.9. The molecule has 2 aromatic carbocycles. The number of carbonyl (C=O) groups is 2. The summed E-state index contributed by atoms with van der Waals surface area (Å²) in [5.74, 6) is -1.71. The highest BCUT2D eigenvalue weighted by Crippen LogP contribution is 2.25. The van der Waals surface area contributed by atoms with Gasteiger partial charge in [-0.3, -0.25) is 14.2 Å². The van der Waals surface area contributed by atoms with Crippen molar-refractivity contribution in [1.29, 1.82) is 0 Å². The van der Waals surface area contributed by atoms with Gasteiger partial charge in [0.05, 0.1) is 5.00 Å². The molecule has 0 aliphatic rings. The van der Waals surface area contributed by atoms with Crippen molar-refractivity contribution in [2.75, 3.05) is 5.73 Å². The molecule has 2 aromatic heterocycles. The van der Waals surface area contributed by atoms with Gasteiger partial charge in [0.1, 0.15) is 0 Å². The number of nitrogen functional groups attached to an aromatic ring is 1. The van der Waals surface area contributed by atoms with E-state index < -0.39 is 17.9 Å². The molecule has 0 saturated carbocycles. The quantitative estimate of drug-likeness (QED) is 0.416. The molecule has 0 fully saturated rings. The van der Waals surface area contributed by atoms with Gasteiger partial charge in [0, 0.05) is 27.7 Å². The first-order valence-electron chi connectivity index (χ1n) is 10.0. The number of carbonyl (C=O) groups excluding carboxylic acids is 1. The number of carboxylic acids is 1. The Morgan fingerprint density at radius 2 is 1.84 bits per heavy atom. The zero-order valence-electron chi connectivity index (χ0n) is 17.2. The number of hydrogen-bond donors (Lipinski definition) is 3. The van der Waals surface area contributed by atoms with E-state index in [1.807, 2.05) is 24.3 Å². The summed E-state index contributed by atoms with van der Waals surface area (Å²) >= 11 is 1.11. The summed E-state index contributed by atoms with van der Waals surface area (Å²) in [6.45, 7) is 2.06. The van der Waals surface area contributed by atoms with Crippen LogP contribution in [-0.4, -0.2) is 21.6 Å². The minimum atomic E-state index is -1.19. The number of thiophene rings is 1. The first kappa shape index (κ1) is 21.3. The molecule has 0 spiro atoms. The topological polar surface area (TPSA) is 114 Å². The van der Waals surface area contributed by atoms with Crippen LogP contribution < -0.4 is 16.6 Å². The first-order chi connectivity index (χ1) is 15.4. The Morgan fingerprint density at radius 1 is 1.09 bits per heavy atom. The molecule has 0 aliphatic carbocycles. The van der Waals surface area contributed by atoms with Crippen LogP contribution in [0.1, 0.15) is 33.8 Å². The van der Waals surface area contributed by atoms with E-state index in [-0.39, 0.29) is 11.1 Å². The Balaban J connectivity index is 1.59. The number of nitrogens with zero attached hydrogens (tertiary/aromatic N) is 1. The van der Waals surface area contributed by atoms with Crippen LogP contribution in [0.4, 0.5) is 5.00 Å². The third kappa shape index (κ3) is 4.13. The van der Waals surface area contributed by atoms with E-state index >= 15 is 0 Å². The number of pyridine rings is 1. The number of benzene rings is 2. The average Bonchev–Trinajstić information content (AvgIpc) is 3.23. The van der Waals surface area contributed by atoms with Crippen LogP contribution in [0.3, 0.4) is 0 Å². The molecule has 1 amide bonds. The largest absolute Gasteiger partial charge is 0.479 e. The van der Waals surface area contributed by atoms with Gasteiger partial charge in [-0.1, -0.05) is 19.1 Å². The van der Waals surface area contributed by atoms with E-state index in [0.717, 1.165) is 28.7 Å². The molecule has 4 N–H and O–H groups in total. The fraction of sp³-hybridized carbons (Fsp3) is 0.125. The lowest BCUT2D eigenvalue weighted by molar-refractivity contribution is -0.139. The molecule has 162 valence electrons. The average molecular weight is 448 g/mol. The standard InChI is InChI=1S/C24H21N3O4S/c1-2-14-3-8-18-16(13-14)11-12-27(23(18)29)17-6-4-15(5-7-17)22(28)26-21(24(30)31)19-9-10-20(25)32-19/h3-13,21H,2,25H2,1H3,(H,26,28)(H,30,31). The molecule has 1 atom stereocenters. The van der Waals surface area contributed by atoms with Crippen molar-refractivity contribution in [1.82, 2.24) is 9.88 Å². The zero-order chi connectivity index (χ0) is 22.8. The lowest BCUT2D eigenvalue weighted by atomic mass is 10.1. The van der Waals surface area contributed by atoms with Crippen molar-refractivity contribution in [3.8, 4) is 5.69 Å². The van der Waals surface area contributed by atoms with Gasteiger partial charge >= 0.3 is 5.97 Å². The van der Waals surface area contributed by atoms with Crippen LogP contribution in [0, 0.1) is 0 Å². The number of fused-ring (bicyclic) bond motifs is 1. The Hall–Kier alpha value is -3.91. The lowest BCUT2D eigenvalue weighted by Crippen LogP contribution is -2.33. The number of aromatic nitrogens is 1. The number of aliphatic carboxylic acids is 1. The summed E-state index contributed by atoms with van der Waals surface area (Å²) in [5, 5.41) is 14.0. The highest BCUT2D eigenvalue weighted by atomic mass is 32.1. The summed E-state index contributed by atoms with van der Waals surface area (Å²) < 4.78 is 1.52. The maximum Gasteiger partial charge on any atom is 0.331 e. The number of carboxylic acid groups (broad SMARTS) is 1. The zero-order valence-corrected chi connectivity index (χ0v) is 18.1. The third-order valence-corrected chi connectivity index (χ3v) is 6.22. The number of aryl methyl sites for hydroxylation is 1. The maximum atomic E-state index is 12.9. The summed E-state index contributed by atoms with van der Waals surface area (Å²) in [4.78, 5) is 37.6. The molecule has 8 heteroatoms. The van der Waals surface area contributed by atoms with Gasteiger partial charge in [0.2, 0.25) is 0 Å². The molecular weight excluding hydrogens is 426 g/mol. The number of nitrogens with one attached hydrogen (secondary N) is 1. The van der Waals surface area contributed by atoms with Gasteiger partial charge in [-0.25, -0.2) is 4.79 Å². The molecule has 1 unspecified atom stereocenters. The van der Waals surface area contributed by atoms with E-state index in [0.29, 0.717) is 21.0 Å². The number of hydrogen-bond acceptors (Lipinski definition) is 5. The van der Waals surface area contributed by atoms with Gasteiger partial charge in [0.25, 0.3) is 11.5 Å². The molecule has 32 heavy (non-hydrogen) atoms. The molecule has 0 radical (unpaired) electrons. The molecule has 4 aromatic rings. The number of amides is 1. The SMILES string of the molecule is CCc1ccc2c(=O)n(-c3ccc(C(=O)NC(C(=O)O)c4ccc(N)s4)cc3)ccc2c1. The van der Waals surface area contributed by atoms with Crippen molar-refractivity contribution in [2.45, 2.75) is 19.4 Å². The molecule has 0 aliphatic heterocycles. The molecular formula is C24H21N3O4S. The van der Waals surface area contributed by atoms with Gasteiger partial charge in [-0.2, -0.15) is 0 Å². The summed E-state index contributed by atoms with van der Waals surface area (Å²) in [6, 6.07) is 16.1. The van der Waals surface area contributed by atoms with Crippen molar-refractivity contribution in [3.05, 3.63) is 93.2 Å². The summed E-state index contributed by atoms with van der Waals surface area (Å²) in [5.41, 5.74) is 7.58. The van der Waals surface area contributed by atoms with Crippen molar-refractivity contribution >= 4 is 39.0 Å². The van der Waals surface area contributed by atoms with Gasteiger partial charge in [0.15, 0.2) is 6.04 Å². The lowest BCUT2D eigenvalue weighted by Gasteiger charge is -2.13. The predicted octanol–water partition coefficient (Wildman–Crippen LogP) is 3.75. The maximum absolute atomic E-state index is 12.9. The molecule has 7 nitrogen and oxygen atoms in total. The molecule has 2 heterocycles. The van der Waals surface area contributed by atoms with Crippen molar-refractivity contribution < 1.29 is 14.7 Å². The summed E-state index contributed by atoms with van der Waals surface area (Å²) in [6.07, 6.45) is 2.60. The second-order valence-electron chi connectivity index (χ2n) is 7.30. The molecule has 0 saturated heterocycles. The fourth-order valence-electron chi connectivity index (χ4n) is 3.49. The van der Waals surface area contributed by atoms with Crippen molar-refractivity contribution in [3.63, 3.8) is 0 Å². The van der Waals surface area contributed by atoms with E-state index in [4.69, 9.17) is 5.73 Å². The predicted molar refractivity (Wildman–Crippen MR) is 125 cm³/mol. The Kier molecular flexibility index (Phi) is 5.79. The van der Waals surface area contributed by atoms with Gasteiger partial charge in [-0.15, -0.1) is 11.3 Å². The van der Waals surface area contributed by atoms with Crippen LogP contribution in [0.2, 0.25) is 0 Å². The van der Waals surface area contributed by atoms with E-state index in [9.17, 15) is 19.5 Å². The second kappa shape index (κ2) is 8.68. The Bertz CT molecular complexity index is 1370. The van der Waals surface area contributed by atoms with Crippen LogP contribution in [0.25, 0.3) is 16.5 Å². The van der Waals surface area contributed by atoms with Crippen LogP contribution in [0.5, 0.6) is 0 Å². The molecule has 4 rings (SSSR count). The smallest absolute Gasteiger partial charge is 0.331 e. The second-order valence-corrected chi connectivity index (χ2v) is 8.44. The fourth-order valence-corrected chi connectivity index (χ4v) is 4.31. The minimum Gasteiger partial charge on any atom is -0.479 e. The first-order valence-corrected chi connectivity index (χ1v) is 10.8. The van der Waals surface area contributed by atoms with E-state index in [1.165, 1.54) is 4.57 Å². The van der Waals surface area contributed by atoms with E-state index in [1.54, 1.807) is 42.6 Å². The number of rotatable bonds is 6. The molecule has 0 bridgehead atoms. The van der Waals surface area contributed by atoms with Gasteiger partial charge in [-0.05, 0) is 65.9 Å². The van der Waals surface area contributed by atoms with E-state index in [2.05, 4.69) is 12.2 Å². The minimum absolute atomic E-state index is 0.149. The Morgan fingerprint density at radius 3 is 2.47 bits per heavy atom. The van der Waals surface area contributed by atoms with Crippen LogP contribution in [-0.2, 0) is 11.2 Å².